The summed E-state index contributed by atoms with van der Waals surface area (Å²) in [6.07, 6.45) is 2.42. The van der Waals surface area contributed by atoms with Gasteiger partial charge in [0.2, 0.25) is 0 Å². The van der Waals surface area contributed by atoms with E-state index in [0.717, 1.165) is 24.9 Å². The van der Waals surface area contributed by atoms with Crippen LogP contribution in [-0.2, 0) is 22.4 Å². The number of rotatable bonds is 5. The van der Waals surface area contributed by atoms with Gasteiger partial charge in [-0.2, -0.15) is 0 Å². The maximum absolute atomic E-state index is 12.6. The summed E-state index contributed by atoms with van der Waals surface area (Å²) in [4.78, 5) is 28.5. The SMILES string of the molecule is CCN(C(=O)[C@@H](C)OC(=O)c1cc2c(s1)CCC2)c1ccccc1. The van der Waals surface area contributed by atoms with E-state index in [1.807, 2.05) is 43.3 Å². The molecule has 4 nitrogen and oxygen atoms in total. The van der Waals surface area contributed by atoms with Crippen LogP contribution in [0.1, 0.15) is 40.4 Å². The predicted molar refractivity (Wildman–Crippen MR) is 95.7 cm³/mol. The van der Waals surface area contributed by atoms with E-state index >= 15 is 0 Å². The second-order valence-electron chi connectivity index (χ2n) is 5.88. The average Bonchev–Trinajstić information content (AvgIpc) is 3.18. The van der Waals surface area contributed by atoms with Crippen molar-refractivity contribution < 1.29 is 14.3 Å². The van der Waals surface area contributed by atoms with E-state index < -0.39 is 12.1 Å². The number of benzene rings is 1. The summed E-state index contributed by atoms with van der Waals surface area (Å²) in [6.45, 7) is 4.06. The Balaban J connectivity index is 1.67. The number of ether oxygens (including phenoxy) is 1. The molecule has 1 atom stereocenters. The first-order chi connectivity index (χ1) is 11.6. The average molecular weight is 343 g/mol. The highest BCUT2D eigenvalue weighted by Crippen LogP contribution is 2.31. The highest BCUT2D eigenvalue weighted by Gasteiger charge is 2.26. The number of thiophene rings is 1. The molecule has 1 aliphatic rings. The molecule has 0 saturated carbocycles. The number of para-hydroxylation sites is 1. The van der Waals surface area contributed by atoms with E-state index in [1.54, 1.807) is 11.8 Å². The van der Waals surface area contributed by atoms with Crippen LogP contribution >= 0.6 is 11.3 Å². The van der Waals surface area contributed by atoms with Crippen LogP contribution in [-0.4, -0.2) is 24.5 Å². The van der Waals surface area contributed by atoms with Crippen molar-refractivity contribution in [3.05, 3.63) is 51.7 Å². The standard InChI is InChI=1S/C19H21NO3S/c1-3-20(15-9-5-4-6-10-15)18(21)13(2)23-19(22)17-12-14-8-7-11-16(14)24-17/h4-6,9-10,12-13H,3,7-8,11H2,1-2H3/t13-/m1/s1. The first-order valence-corrected chi connectivity index (χ1v) is 9.10. The lowest BCUT2D eigenvalue weighted by Gasteiger charge is -2.24. The lowest BCUT2D eigenvalue weighted by atomic mass is 10.2. The largest absolute Gasteiger partial charge is 0.448 e. The van der Waals surface area contributed by atoms with Crippen LogP contribution in [0.4, 0.5) is 5.69 Å². The predicted octanol–water partition coefficient (Wildman–Crippen LogP) is 3.84. The number of fused-ring (bicyclic) bond motifs is 1. The first-order valence-electron chi connectivity index (χ1n) is 8.29. The second-order valence-corrected chi connectivity index (χ2v) is 7.01. The zero-order valence-electron chi connectivity index (χ0n) is 14.0. The van der Waals surface area contributed by atoms with Gasteiger partial charge in [0.05, 0.1) is 0 Å². The molecule has 1 amide bonds. The molecule has 126 valence electrons. The molecular formula is C19H21NO3S. The van der Waals surface area contributed by atoms with Crippen molar-refractivity contribution in [3.63, 3.8) is 0 Å². The van der Waals surface area contributed by atoms with Gasteiger partial charge in [-0.05, 0) is 56.9 Å². The molecule has 0 N–H and O–H groups in total. The van der Waals surface area contributed by atoms with E-state index in [1.165, 1.54) is 21.8 Å². The lowest BCUT2D eigenvalue weighted by Crippen LogP contribution is -2.40. The molecule has 0 aliphatic heterocycles. The summed E-state index contributed by atoms with van der Waals surface area (Å²) in [7, 11) is 0. The maximum Gasteiger partial charge on any atom is 0.349 e. The molecular weight excluding hydrogens is 322 g/mol. The van der Waals surface area contributed by atoms with Crippen LogP contribution < -0.4 is 4.90 Å². The second kappa shape index (κ2) is 7.18. The fourth-order valence-corrected chi connectivity index (χ4v) is 4.13. The van der Waals surface area contributed by atoms with Gasteiger partial charge >= 0.3 is 5.97 Å². The van der Waals surface area contributed by atoms with Gasteiger partial charge < -0.3 is 9.64 Å². The van der Waals surface area contributed by atoms with Crippen molar-refractivity contribution in [1.82, 2.24) is 0 Å². The van der Waals surface area contributed by atoms with Crippen LogP contribution in [0.15, 0.2) is 36.4 Å². The van der Waals surface area contributed by atoms with Gasteiger partial charge in [-0.15, -0.1) is 11.3 Å². The number of carbonyl (C=O) groups is 2. The lowest BCUT2D eigenvalue weighted by molar-refractivity contribution is -0.126. The number of hydrogen-bond acceptors (Lipinski definition) is 4. The maximum atomic E-state index is 12.6. The topological polar surface area (TPSA) is 46.6 Å². The van der Waals surface area contributed by atoms with Crippen LogP contribution in [0.3, 0.4) is 0 Å². The Bertz CT molecular complexity index is 717. The van der Waals surface area contributed by atoms with Gasteiger partial charge in [-0.3, -0.25) is 4.79 Å². The number of hydrogen-bond donors (Lipinski definition) is 0. The molecule has 1 aromatic heterocycles. The summed E-state index contributed by atoms with van der Waals surface area (Å²) in [5.74, 6) is -0.611. The Morgan fingerprint density at radius 1 is 1.25 bits per heavy atom. The summed E-state index contributed by atoms with van der Waals surface area (Å²) in [5.41, 5.74) is 2.06. The smallest absolute Gasteiger partial charge is 0.349 e. The van der Waals surface area contributed by atoms with E-state index in [4.69, 9.17) is 4.74 Å². The normalized spacial score (nSPS) is 14.1. The number of aryl methyl sites for hydroxylation is 2. The molecule has 5 heteroatoms. The van der Waals surface area contributed by atoms with E-state index in [-0.39, 0.29) is 5.91 Å². The summed E-state index contributed by atoms with van der Waals surface area (Å²) in [6, 6.07) is 11.3. The molecule has 1 aliphatic carbocycles. The highest BCUT2D eigenvalue weighted by atomic mass is 32.1. The van der Waals surface area contributed by atoms with E-state index in [0.29, 0.717) is 11.4 Å². The van der Waals surface area contributed by atoms with Gasteiger partial charge in [0.25, 0.3) is 5.91 Å². The van der Waals surface area contributed by atoms with Gasteiger partial charge in [-0.25, -0.2) is 4.79 Å². The minimum absolute atomic E-state index is 0.207. The monoisotopic (exact) mass is 343 g/mol. The van der Waals surface area contributed by atoms with Crippen molar-refractivity contribution in [2.24, 2.45) is 0 Å². The third kappa shape index (κ3) is 3.36. The van der Waals surface area contributed by atoms with Gasteiger partial charge in [0, 0.05) is 17.1 Å². The third-order valence-electron chi connectivity index (χ3n) is 4.23. The Kier molecular flexibility index (Phi) is 5.00. The molecule has 0 unspecified atom stereocenters. The number of likely N-dealkylation sites (N-methyl/N-ethyl adjacent to an activating group) is 1. The third-order valence-corrected chi connectivity index (χ3v) is 5.45. The Morgan fingerprint density at radius 2 is 2.00 bits per heavy atom. The number of esters is 1. The van der Waals surface area contributed by atoms with Gasteiger partial charge in [-0.1, -0.05) is 18.2 Å². The Morgan fingerprint density at radius 3 is 2.67 bits per heavy atom. The molecule has 2 aromatic rings. The first kappa shape index (κ1) is 16.7. The van der Waals surface area contributed by atoms with Gasteiger partial charge in [0.1, 0.15) is 4.88 Å². The fourth-order valence-electron chi connectivity index (χ4n) is 2.99. The summed E-state index contributed by atoms with van der Waals surface area (Å²) < 4.78 is 5.42. The highest BCUT2D eigenvalue weighted by molar-refractivity contribution is 7.14. The fraction of sp³-hybridized carbons (Fsp3) is 0.368. The van der Waals surface area contributed by atoms with Crippen LogP contribution in [0.5, 0.6) is 0 Å². The van der Waals surface area contributed by atoms with Crippen molar-refractivity contribution in [3.8, 4) is 0 Å². The number of amides is 1. The molecule has 0 radical (unpaired) electrons. The minimum Gasteiger partial charge on any atom is -0.448 e. The van der Waals surface area contributed by atoms with Crippen molar-refractivity contribution in [2.45, 2.75) is 39.2 Å². The molecule has 0 spiro atoms. The number of nitrogens with zero attached hydrogens (tertiary/aromatic N) is 1. The molecule has 24 heavy (non-hydrogen) atoms. The van der Waals surface area contributed by atoms with E-state index in [9.17, 15) is 9.59 Å². The van der Waals surface area contributed by atoms with Crippen molar-refractivity contribution in [2.75, 3.05) is 11.4 Å². The number of carbonyl (C=O) groups excluding carboxylic acids is 2. The zero-order valence-corrected chi connectivity index (χ0v) is 14.8. The molecule has 0 saturated heterocycles. The molecule has 0 fully saturated rings. The quantitative estimate of drug-likeness (QED) is 0.775. The summed E-state index contributed by atoms with van der Waals surface area (Å²) >= 11 is 1.49. The molecule has 3 rings (SSSR count). The molecule has 1 aromatic carbocycles. The van der Waals surface area contributed by atoms with Crippen molar-refractivity contribution >= 4 is 28.9 Å². The Labute approximate surface area is 146 Å². The van der Waals surface area contributed by atoms with Crippen LogP contribution in [0, 0.1) is 0 Å². The Hall–Kier alpha value is -2.14. The van der Waals surface area contributed by atoms with Gasteiger partial charge in [0.15, 0.2) is 6.10 Å². The van der Waals surface area contributed by atoms with Crippen molar-refractivity contribution in [1.29, 1.82) is 0 Å². The zero-order chi connectivity index (χ0) is 17.1. The van der Waals surface area contributed by atoms with E-state index in [2.05, 4.69) is 0 Å². The van der Waals surface area contributed by atoms with Crippen LogP contribution in [0.2, 0.25) is 0 Å². The van der Waals surface area contributed by atoms with Crippen LogP contribution in [0.25, 0.3) is 0 Å². The number of anilines is 1. The molecule has 1 heterocycles. The molecule has 0 bridgehead atoms. The summed E-state index contributed by atoms with van der Waals surface area (Å²) in [5, 5.41) is 0. The minimum atomic E-state index is -0.811.